The minimum Gasteiger partial charge on any atom is -0.382 e. The van der Waals surface area contributed by atoms with Crippen molar-refractivity contribution in [1.82, 2.24) is 25.3 Å². The average molecular weight is 266 g/mol. The zero-order valence-electron chi connectivity index (χ0n) is 10.8. The molecule has 4 rings (SSSR count). The first-order valence-electron chi connectivity index (χ1n) is 6.60. The van der Waals surface area contributed by atoms with Gasteiger partial charge in [-0.1, -0.05) is 24.3 Å². The molecule has 1 aromatic carbocycles. The third-order valence-electron chi connectivity index (χ3n) is 3.72. The van der Waals surface area contributed by atoms with E-state index in [0.717, 1.165) is 18.8 Å². The van der Waals surface area contributed by atoms with E-state index >= 15 is 0 Å². The van der Waals surface area contributed by atoms with Crippen LogP contribution in [0.5, 0.6) is 0 Å². The van der Waals surface area contributed by atoms with Crippen LogP contribution in [0.3, 0.4) is 0 Å². The molecule has 0 spiro atoms. The van der Waals surface area contributed by atoms with Gasteiger partial charge >= 0.3 is 0 Å². The molecule has 20 heavy (non-hydrogen) atoms. The molecule has 6 nitrogen and oxygen atoms in total. The fourth-order valence-electron chi connectivity index (χ4n) is 2.75. The molecule has 100 valence electrons. The molecule has 4 N–H and O–H groups in total. The van der Waals surface area contributed by atoms with Crippen LogP contribution in [0.4, 0.5) is 5.82 Å². The van der Waals surface area contributed by atoms with Crippen LogP contribution in [0.2, 0.25) is 0 Å². The van der Waals surface area contributed by atoms with Crippen LogP contribution < -0.4 is 11.1 Å². The number of anilines is 1. The lowest BCUT2D eigenvalue weighted by Crippen LogP contribution is -2.31. The molecule has 0 saturated carbocycles. The predicted molar refractivity (Wildman–Crippen MR) is 76.1 cm³/mol. The zero-order chi connectivity index (χ0) is 13.5. The Kier molecular flexibility index (Phi) is 2.43. The van der Waals surface area contributed by atoms with Crippen molar-refractivity contribution in [2.45, 2.75) is 12.5 Å². The molecular formula is C14H14N6. The van der Waals surface area contributed by atoms with Crippen LogP contribution >= 0.6 is 0 Å². The van der Waals surface area contributed by atoms with E-state index in [0.29, 0.717) is 17.0 Å². The maximum absolute atomic E-state index is 5.85. The lowest BCUT2D eigenvalue weighted by molar-refractivity contribution is 0.549. The first-order valence-corrected chi connectivity index (χ1v) is 6.60. The first kappa shape index (κ1) is 11.4. The maximum atomic E-state index is 5.85. The summed E-state index contributed by atoms with van der Waals surface area (Å²) in [4.78, 5) is 15.9. The Balaban J connectivity index is 1.86. The summed E-state index contributed by atoms with van der Waals surface area (Å²) in [5, 5.41) is 3.49. The van der Waals surface area contributed by atoms with Crippen molar-refractivity contribution in [3.05, 3.63) is 47.5 Å². The quantitative estimate of drug-likeness (QED) is 0.615. The number of nitrogens with one attached hydrogen (secondary N) is 2. The molecule has 1 aliphatic heterocycles. The number of nitrogen functional groups attached to an aromatic ring is 1. The van der Waals surface area contributed by atoms with E-state index < -0.39 is 0 Å². The smallest absolute Gasteiger partial charge is 0.183 e. The van der Waals surface area contributed by atoms with E-state index in [1.807, 2.05) is 0 Å². The summed E-state index contributed by atoms with van der Waals surface area (Å²) in [7, 11) is 0. The fourth-order valence-corrected chi connectivity index (χ4v) is 2.75. The standard InChI is InChI=1S/C14H14N6/c15-12-11-13(18-7-17-12)20-14(19-11)10-9-4-2-1-3-8(9)5-6-16-10/h1-4,7,10,16H,5-6H2,(H3,15,17,18,19,20). The van der Waals surface area contributed by atoms with Crippen LogP contribution in [0, 0.1) is 0 Å². The summed E-state index contributed by atoms with van der Waals surface area (Å²) in [5.41, 5.74) is 9.77. The number of fused-ring (bicyclic) bond motifs is 2. The van der Waals surface area contributed by atoms with Gasteiger partial charge in [-0.15, -0.1) is 0 Å². The Hall–Kier alpha value is -2.47. The van der Waals surface area contributed by atoms with E-state index in [9.17, 15) is 0 Å². The number of hydrogen-bond acceptors (Lipinski definition) is 5. The second kappa shape index (κ2) is 4.28. The molecule has 2 aromatic heterocycles. The Bertz CT molecular complexity index is 778. The number of H-pyrrole nitrogens is 1. The monoisotopic (exact) mass is 266 g/mol. The molecule has 1 aliphatic rings. The van der Waals surface area contributed by atoms with Crippen LogP contribution in [0.1, 0.15) is 23.0 Å². The van der Waals surface area contributed by atoms with E-state index in [-0.39, 0.29) is 6.04 Å². The molecule has 3 heterocycles. The number of aromatic nitrogens is 4. The van der Waals surface area contributed by atoms with Gasteiger partial charge in [0, 0.05) is 6.54 Å². The number of hydrogen-bond donors (Lipinski definition) is 3. The predicted octanol–water partition coefficient (Wildman–Crippen LogP) is 1.17. The van der Waals surface area contributed by atoms with Gasteiger partial charge in [0.2, 0.25) is 0 Å². The Morgan fingerprint density at radius 2 is 2.10 bits per heavy atom. The lowest BCUT2D eigenvalue weighted by atomic mass is 9.94. The normalized spacial score (nSPS) is 18.1. The minimum absolute atomic E-state index is 0.0496. The number of rotatable bonds is 1. The molecule has 1 atom stereocenters. The van der Waals surface area contributed by atoms with Gasteiger partial charge in [-0.25, -0.2) is 15.0 Å². The van der Waals surface area contributed by atoms with Gasteiger partial charge in [0.05, 0.1) is 6.04 Å². The van der Waals surface area contributed by atoms with Crippen molar-refractivity contribution >= 4 is 17.0 Å². The Morgan fingerprint density at radius 3 is 3.00 bits per heavy atom. The fraction of sp³-hybridized carbons (Fsp3) is 0.214. The Morgan fingerprint density at radius 1 is 1.20 bits per heavy atom. The molecule has 0 aliphatic carbocycles. The van der Waals surface area contributed by atoms with Gasteiger partial charge in [-0.3, -0.25) is 0 Å². The summed E-state index contributed by atoms with van der Waals surface area (Å²) in [6.45, 7) is 0.930. The SMILES string of the molecule is Nc1ncnc2nc(C3NCCc4ccccc43)[nH]c12. The molecule has 1 unspecified atom stereocenters. The summed E-state index contributed by atoms with van der Waals surface area (Å²) < 4.78 is 0. The van der Waals surface area contributed by atoms with Gasteiger partial charge < -0.3 is 16.0 Å². The van der Waals surface area contributed by atoms with Crippen molar-refractivity contribution in [2.24, 2.45) is 0 Å². The van der Waals surface area contributed by atoms with E-state index in [4.69, 9.17) is 5.73 Å². The highest BCUT2D eigenvalue weighted by Crippen LogP contribution is 2.28. The van der Waals surface area contributed by atoms with Crippen molar-refractivity contribution in [3.63, 3.8) is 0 Å². The third-order valence-corrected chi connectivity index (χ3v) is 3.72. The highest BCUT2D eigenvalue weighted by molar-refractivity contribution is 5.81. The zero-order valence-corrected chi connectivity index (χ0v) is 10.8. The van der Waals surface area contributed by atoms with Crippen LogP contribution in [0.25, 0.3) is 11.2 Å². The summed E-state index contributed by atoms with van der Waals surface area (Å²) >= 11 is 0. The van der Waals surface area contributed by atoms with Crippen LogP contribution in [0.15, 0.2) is 30.6 Å². The number of imidazole rings is 1. The first-order chi connectivity index (χ1) is 9.83. The molecule has 0 radical (unpaired) electrons. The summed E-state index contributed by atoms with van der Waals surface area (Å²) in [6.07, 6.45) is 2.47. The topological polar surface area (TPSA) is 92.5 Å². The lowest BCUT2D eigenvalue weighted by Gasteiger charge is -2.25. The van der Waals surface area contributed by atoms with Crippen LogP contribution in [-0.4, -0.2) is 26.5 Å². The molecule has 0 bridgehead atoms. The molecule has 0 amide bonds. The van der Waals surface area contributed by atoms with Crippen molar-refractivity contribution in [1.29, 1.82) is 0 Å². The van der Waals surface area contributed by atoms with Crippen LogP contribution in [-0.2, 0) is 6.42 Å². The van der Waals surface area contributed by atoms with Crippen molar-refractivity contribution in [2.75, 3.05) is 12.3 Å². The van der Waals surface area contributed by atoms with Gasteiger partial charge in [-0.05, 0) is 17.5 Å². The molecule has 6 heteroatoms. The Labute approximate surface area is 115 Å². The molecule has 0 saturated heterocycles. The maximum Gasteiger partial charge on any atom is 0.183 e. The van der Waals surface area contributed by atoms with E-state index in [1.165, 1.54) is 17.5 Å². The molecule has 0 fully saturated rings. The number of nitrogens with two attached hydrogens (primary N) is 1. The number of nitrogens with zero attached hydrogens (tertiary/aromatic N) is 3. The largest absolute Gasteiger partial charge is 0.382 e. The van der Waals surface area contributed by atoms with Crippen molar-refractivity contribution in [3.8, 4) is 0 Å². The van der Waals surface area contributed by atoms with Gasteiger partial charge in [-0.2, -0.15) is 0 Å². The molecular weight excluding hydrogens is 252 g/mol. The van der Waals surface area contributed by atoms with E-state index in [1.54, 1.807) is 0 Å². The van der Waals surface area contributed by atoms with Crippen molar-refractivity contribution < 1.29 is 0 Å². The number of benzene rings is 1. The van der Waals surface area contributed by atoms with Gasteiger partial charge in [0.15, 0.2) is 11.5 Å². The number of aromatic amines is 1. The molecule has 3 aromatic rings. The third kappa shape index (κ3) is 1.65. The van der Waals surface area contributed by atoms with Gasteiger partial charge in [0.1, 0.15) is 17.7 Å². The second-order valence-electron chi connectivity index (χ2n) is 4.92. The highest BCUT2D eigenvalue weighted by Gasteiger charge is 2.24. The second-order valence-corrected chi connectivity index (χ2v) is 4.92. The average Bonchev–Trinajstić information content (AvgIpc) is 2.92. The minimum atomic E-state index is 0.0496. The summed E-state index contributed by atoms with van der Waals surface area (Å²) in [6, 6.07) is 8.47. The summed E-state index contributed by atoms with van der Waals surface area (Å²) in [5.74, 6) is 1.26. The van der Waals surface area contributed by atoms with Gasteiger partial charge in [0.25, 0.3) is 0 Å². The highest BCUT2D eigenvalue weighted by atomic mass is 15.1. The van der Waals surface area contributed by atoms with E-state index in [2.05, 4.69) is 49.5 Å².